The number of carbonyl (C=O) groups is 1. The second-order valence-electron chi connectivity index (χ2n) is 3.10. The fourth-order valence-electron chi connectivity index (χ4n) is 1.19. The summed E-state index contributed by atoms with van der Waals surface area (Å²) in [4.78, 5) is 16.4. The molecule has 0 aromatic carbocycles. The van der Waals surface area contributed by atoms with Crippen molar-refractivity contribution >= 4 is 17.2 Å². The zero-order chi connectivity index (χ0) is 10.8. The molecule has 0 aliphatic heterocycles. The monoisotopic (exact) mass is 222 g/mol. The third kappa shape index (κ3) is 1.92. The summed E-state index contributed by atoms with van der Waals surface area (Å²) >= 11 is 1.43. The summed E-state index contributed by atoms with van der Waals surface area (Å²) in [5, 5.41) is 1.88. The van der Waals surface area contributed by atoms with E-state index < -0.39 is 0 Å². The van der Waals surface area contributed by atoms with E-state index in [9.17, 15) is 4.79 Å². The maximum atomic E-state index is 11.7. The van der Waals surface area contributed by atoms with Crippen LogP contribution in [0.4, 0.5) is 0 Å². The molecule has 0 saturated heterocycles. The molecule has 2 heterocycles. The third-order valence-corrected chi connectivity index (χ3v) is 2.89. The molecule has 0 atom stereocenters. The van der Waals surface area contributed by atoms with Crippen LogP contribution in [0.5, 0.6) is 0 Å². The van der Waals surface area contributed by atoms with Crippen molar-refractivity contribution in [1.82, 2.24) is 4.57 Å². The standard InChI is InChI=1S/C10H10N2O2S/c1-7-8(3-5-14-7)9(13)11-10-12(2)4-6-15-10/h3-6H,1-2H3. The van der Waals surface area contributed by atoms with Gasteiger partial charge in [-0.3, -0.25) is 4.79 Å². The fourth-order valence-corrected chi connectivity index (χ4v) is 1.92. The molecule has 0 fully saturated rings. The molecule has 0 spiro atoms. The average Bonchev–Trinajstić information content (AvgIpc) is 2.76. The van der Waals surface area contributed by atoms with Gasteiger partial charge in [0.15, 0.2) is 4.80 Å². The minimum Gasteiger partial charge on any atom is -0.469 e. The van der Waals surface area contributed by atoms with Crippen molar-refractivity contribution in [2.45, 2.75) is 6.92 Å². The van der Waals surface area contributed by atoms with Crippen LogP contribution in [0.2, 0.25) is 0 Å². The van der Waals surface area contributed by atoms with E-state index in [1.807, 2.05) is 18.6 Å². The number of thiazole rings is 1. The molecule has 78 valence electrons. The number of amides is 1. The number of nitrogens with zero attached hydrogens (tertiary/aromatic N) is 2. The van der Waals surface area contributed by atoms with E-state index in [0.29, 0.717) is 16.1 Å². The van der Waals surface area contributed by atoms with Crippen LogP contribution < -0.4 is 4.80 Å². The number of aryl methyl sites for hydroxylation is 2. The van der Waals surface area contributed by atoms with Gasteiger partial charge in [0.2, 0.25) is 0 Å². The molecule has 5 heteroatoms. The summed E-state index contributed by atoms with van der Waals surface area (Å²) in [6.07, 6.45) is 3.35. The number of furan rings is 1. The van der Waals surface area contributed by atoms with Crippen LogP contribution in [0.1, 0.15) is 16.1 Å². The van der Waals surface area contributed by atoms with Gasteiger partial charge in [-0.05, 0) is 13.0 Å². The predicted molar refractivity (Wildman–Crippen MR) is 56.6 cm³/mol. The largest absolute Gasteiger partial charge is 0.469 e. The van der Waals surface area contributed by atoms with E-state index in [1.165, 1.54) is 17.6 Å². The molecule has 2 aromatic rings. The zero-order valence-electron chi connectivity index (χ0n) is 8.43. The molecular weight excluding hydrogens is 212 g/mol. The average molecular weight is 222 g/mol. The SMILES string of the molecule is Cc1occc1C(=O)N=c1sccn1C. The Hall–Kier alpha value is -1.62. The van der Waals surface area contributed by atoms with Crippen LogP contribution in [-0.4, -0.2) is 10.5 Å². The molecule has 0 aliphatic rings. The van der Waals surface area contributed by atoms with Gasteiger partial charge in [0.1, 0.15) is 5.76 Å². The molecule has 2 aromatic heterocycles. The Morgan fingerprint density at radius 3 is 2.93 bits per heavy atom. The lowest BCUT2D eigenvalue weighted by Crippen LogP contribution is -2.12. The molecule has 2 rings (SSSR count). The molecule has 0 N–H and O–H groups in total. The van der Waals surface area contributed by atoms with Crippen molar-refractivity contribution in [3.05, 3.63) is 40.0 Å². The van der Waals surface area contributed by atoms with E-state index in [-0.39, 0.29) is 5.91 Å². The van der Waals surface area contributed by atoms with Crippen LogP contribution in [0, 0.1) is 6.92 Å². The first-order chi connectivity index (χ1) is 7.18. The molecule has 0 aliphatic carbocycles. The summed E-state index contributed by atoms with van der Waals surface area (Å²) in [5.74, 6) is 0.335. The maximum absolute atomic E-state index is 11.7. The smallest absolute Gasteiger partial charge is 0.283 e. The quantitative estimate of drug-likeness (QED) is 0.737. The van der Waals surface area contributed by atoms with E-state index in [0.717, 1.165) is 0 Å². The van der Waals surface area contributed by atoms with Gasteiger partial charge >= 0.3 is 0 Å². The van der Waals surface area contributed by atoms with Crippen molar-refractivity contribution in [3.8, 4) is 0 Å². The number of hydrogen-bond donors (Lipinski definition) is 0. The van der Waals surface area contributed by atoms with Gasteiger partial charge in [-0.25, -0.2) is 0 Å². The van der Waals surface area contributed by atoms with Crippen molar-refractivity contribution in [2.75, 3.05) is 0 Å². The molecular formula is C10H10N2O2S. The van der Waals surface area contributed by atoms with Crippen molar-refractivity contribution in [3.63, 3.8) is 0 Å². The molecule has 1 amide bonds. The van der Waals surface area contributed by atoms with E-state index in [4.69, 9.17) is 4.42 Å². The summed E-state index contributed by atoms with van der Waals surface area (Å²) in [6.45, 7) is 1.75. The van der Waals surface area contributed by atoms with Crippen molar-refractivity contribution < 1.29 is 9.21 Å². The number of hydrogen-bond acceptors (Lipinski definition) is 3. The Balaban J connectivity index is 2.40. The number of rotatable bonds is 1. The van der Waals surface area contributed by atoms with Crippen LogP contribution >= 0.6 is 11.3 Å². The molecule has 0 radical (unpaired) electrons. The lowest BCUT2D eigenvalue weighted by Gasteiger charge is -1.91. The van der Waals surface area contributed by atoms with Gasteiger partial charge in [-0.1, -0.05) is 0 Å². The predicted octanol–water partition coefficient (Wildman–Crippen LogP) is 1.73. The lowest BCUT2D eigenvalue weighted by atomic mass is 10.2. The second-order valence-corrected chi connectivity index (χ2v) is 3.98. The Bertz CT molecular complexity index is 548. The topological polar surface area (TPSA) is 47.5 Å². The highest BCUT2D eigenvalue weighted by Crippen LogP contribution is 2.09. The molecule has 15 heavy (non-hydrogen) atoms. The van der Waals surface area contributed by atoms with Gasteiger partial charge in [0.05, 0.1) is 11.8 Å². The van der Waals surface area contributed by atoms with Crippen molar-refractivity contribution in [2.24, 2.45) is 12.0 Å². The molecule has 0 saturated carbocycles. The van der Waals surface area contributed by atoms with Crippen LogP contribution in [0.15, 0.2) is 33.3 Å². The maximum Gasteiger partial charge on any atom is 0.283 e. The van der Waals surface area contributed by atoms with Gasteiger partial charge in [-0.2, -0.15) is 4.99 Å². The first-order valence-electron chi connectivity index (χ1n) is 4.42. The van der Waals surface area contributed by atoms with E-state index in [2.05, 4.69) is 4.99 Å². The Kier molecular flexibility index (Phi) is 2.55. The highest BCUT2D eigenvalue weighted by atomic mass is 32.1. The molecule has 0 unspecified atom stereocenters. The third-order valence-electron chi connectivity index (χ3n) is 2.05. The fraction of sp³-hybridized carbons (Fsp3) is 0.200. The highest BCUT2D eigenvalue weighted by Gasteiger charge is 2.09. The minimum absolute atomic E-state index is 0.265. The van der Waals surface area contributed by atoms with Crippen LogP contribution in [0.3, 0.4) is 0 Å². The lowest BCUT2D eigenvalue weighted by molar-refractivity contribution is 0.0996. The molecule has 4 nitrogen and oxygen atoms in total. The zero-order valence-corrected chi connectivity index (χ0v) is 9.25. The Morgan fingerprint density at radius 1 is 1.60 bits per heavy atom. The van der Waals surface area contributed by atoms with Crippen molar-refractivity contribution in [1.29, 1.82) is 0 Å². The first-order valence-corrected chi connectivity index (χ1v) is 5.30. The van der Waals surface area contributed by atoms with Gasteiger partial charge < -0.3 is 8.98 Å². The summed E-state index contributed by atoms with van der Waals surface area (Å²) < 4.78 is 6.85. The van der Waals surface area contributed by atoms with Crippen LogP contribution in [-0.2, 0) is 7.05 Å². The summed E-state index contributed by atoms with van der Waals surface area (Å²) in [5.41, 5.74) is 0.517. The summed E-state index contributed by atoms with van der Waals surface area (Å²) in [7, 11) is 1.85. The Morgan fingerprint density at radius 2 is 2.40 bits per heavy atom. The van der Waals surface area contributed by atoms with Crippen LogP contribution in [0.25, 0.3) is 0 Å². The summed E-state index contributed by atoms with van der Waals surface area (Å²) in [6, 6.07) is 1.63. The molecule has 0 bridgehead atoms. The van der Waals surface area contributed by atoms with Gasteiger partial charge in [-0.15, -0.1) is 11.3 Å². The second kappa shape index (κ2) is 3.86. The number of carbonyl (C=O) groups excluding carboxylic acids is 1. The van der Waals surface area contributed by atoms with Gasteiger partial charge in [0.25, 0.3) is 5.91 Å². The van der Waals surface area contributed by atoms with E-state index in [1.54, 1.807) is 17.6 Å². The van der Waals surface area contributed by atoms with E-state index >= 15 is 0 Å². The van der Waals surface area contributed by atoms with Gasteiger partial charge in [0, 0.05) is 18.6 Å². The number of aromatic nitrogens is 1. The highest BCUT2D eigenvalue weighted by molar-refractivity contribution is 7.07. The normalized spacial score (nSPS) is 12.0. The Labute approximate surface area is 90.5 Å². The first kappa shape index (κ1) is 9.92. The minimum atomic E-state index is -0.265.